The van der Waals surface area contributed by atoms with Crippen molar-refractivity contribution in [3.63, 3.8) is 0 Å². The van der Waals surface area contributed by atoms with Crippen LogP contribution >= 0.6 is 0 Å². The minimum absolute atomic E-state index is 0. The fourth-order valence-electron chi connectivity index (χ4n) is 4.99. The number of fused-ring (bicyclic) bond motifs is 2. The number of halogens is 8. The summed E-state index contributed by atoms with van der Waals surface area (Å²) in [6.45, 7) is 7.69. The number of rotatable bonds is 10. The van der Waals surface area contributed by atoms with Gasteiger partial charge in [0.15, 0.2) is 44.5 Å². The molecule has 2 aromatic heterocycles. The smallest absolute Gasteiger partial charge is 0.762 e. The second kappa shape index (κ2) is 24.1. The summed E-state index contributed by atoms with van der Waals surface area (Å²) in [6, 6.07) is 22.1. The van der Waals surface area contributed by atoms with Crippen molar-refractivity contribution < 1.29 is 73.3 Å². The van der Waals surface area contributed by atoms with E-state index in [9.17, 15) is 35.5 Å². The lowest BCUT2D eigenvalue weighted by Crippen LogP contribution is -3.00. The predicted octanol–water partition coefficient (Wildman–Crippen LogP) is -0.101. The topological polar surface area (TPSA) is 99.6 Å². The van der Waals surface area contributed by atoms with Gasteiger partial charge in [0.1, 0.15) is 19.3 Å². The van der Waals surface area contributed by atoms with Crippen molar-refractivity contribution in [2.45, 2.75) is 26.1 Å². The number of aliphatic hydroxyl groups is 1. The summed E-state index contributed by atoms with van der Waals surface area (Å²) in [4.78, 5) is 27.7. The largest absolute Gasteiger partial charge is 1.00 e. The number of benzene rings is 2. The summed E-state index contributed by atoms with van der Waals surface area (Å²) in [6.07, 6.45) is 8.03. The van der Waals surface area contributed by atoms with Crippen LogP contribution in [0.25, 0.3) is 11.1 Å². The van der Waals surface area contributed by atoms with Crippen LogP contribution in [0.4, 0.5) is 48.6 Å². The lowest BCUT2D eigenvalue weighted by Gasteiger charge is -2.36. The standard InChI is InChI=1S/C29H30N4O3.C7H10O3.2BF3.2FH/c1-30-25-5-3-4-6-26(25)31(2)28-21-24(7-8-27(28)30)29(35)36-20-18-33-15-11-23(12-16-33)22-9-13-32(14-10-22)17-19-34;1-5(2)7(8)10-4-6-3-9-6;2*2-1(3)4;;/h3-16,21,34H,17-20H2,1-2H3;6H,1,3-4H2,2H3;;;2*1H/q+2;;;;;/p-2. The zero-order valence-corrected chi connectivity index (χ0v) is 30.6. The maximum absolute atomic E-state index is 12.8. The molecule has 1 atom stereocenters. The Morgan fingerprint density at radius 1 is 0.786 bits per heavy atom. The molecule has 4 aromatic rings. The van der Waals surface area contributed by atoms with Crippen molar-refractivity contribution >= 4 is 49.8 Å². The molecule has 1 unspecified atom stereocenters. The Hall–Kier alpha value is -5.49. The zero-order valence-electron chi connectivity index (χ0n) is 30.6. The van der Waals surface area contributed by atoms with E-state index in [-0.39, 0.29) is 40.7 Å². The number of aliphatic hydroxyl groups excluding tert-OH is 1. The second-order valence-corrected chi connectivity index (χ2v) is 11.6. The van der Waals surface area contributed by atoms with Crippen molar-refractivity contribution in [1.29, 1.82) is 0 Å². The predicted molar refractivity (Wildman–Crippen MR) is 192 cm³/mol. The molecule has 10 nitrogen and oxygen atoms in total. The number of hydrogen-bond acceptors (Lipinski definition) is 8. The molecule has 56 heavy (non-hydrogen) atoms. The third-order valence-corrected chi connectivity index (χ3v) is 7.75. The molecule has 1 N–H and O–H groups in total. The van der Waals surface area contributed by atoms with Gasteiger partial charge >= 0.3 is 27.0 Å². The molecule has 1 saturated heterocycles. The zero-order chi connectivity index (χ0) is 39.8. The van der Waals surface area contributed by atoms with Gasteiger partial charge in [0.25, 0.3) is 0 Å². The molecule has 0 spiro atoms. The van der Waals surface area contributed by atoms with Crippen molar-refractivity contribution in [3.05, 3.63) is 109 Å². The highest BCUT2D eigenvalue weighted by atomic mass is 19.4. The number of para-hydroxylation sites is 2. The Bertz CT molecular complexity index is 1820. The van der Waals surface area contributed by atoms with Gasteiger partial charge in [0.05, 0.1) is 34.9 Å². The summed E-state index contributed by atoms with van der Waals surface area (Å²) >= 11 is 0. The number of anilines is 4. The molecule has 4 heterocycles. The van der Waals surface area contributed by atoms with E-state index in [1.165, 1.54) is 0 Å². The van der Waals surface area contributed by atoms with E-state index in [4.69, 9.17) is 19.3 Å². The molecule has 2 aliphatic heterocycles. The van der Waals surface area contributed by atoms with E-state index in [2.05, 4.69) is 28.5 Å². The van der Waals surface area contributed by atoms with Crippen LogP contribution in [0.5, 0.6) is 0 Å². The van der Waals surface area contributed by atoms with Crippen LogP contribution in [0.15, 0.2) is 104 Å². The summed E-state index contributed by atoms with van der Waals surface area (Å²) < 4.78 is 77.1. The van der Waals surface area contributed by atoms with Crippen LogP contribution in [-0.4, -0.2) is 78.8 Å². The Morgan fingerprint density at radius 2 is 1.23 bits per heavy atom. The first kappa shape index (κ1) is 48.5. The highest BCUT2D eigenvalue weighted by molar-refractivity contribution is 6.33. The molecule has 0 aliphatic carbocycles. The number of carbonyl (C=O) groups excluding carboxylic acids is 2. The molecule has 0 amide bonds. The first-order valence-corrected chi connectivity index (χ1v) is 16.5. The van der Waals surface area contributed by atoms with Crippen LogP contribution < -0.4 is 28.3 Å². The minimum atomic E-state index is -3.67. The van der Waals surface area contributed by atoms with E-state index < -0.39 is 15.1 Å². The van der Waals surface area contributed by atoms with Gasteiger partial charge in [-0.3, -0.25) is 25.9 Å². The van der Waals surface area contributed by atoms with Crippen LogP contribution in [0.1, 0.15) is 17.3 Å². The summed E-state index contributed by atoms with van der Waals surface area (Å²) in [5.41, 5.74) is 7.42. The quantitative estimate of drug-likeness (QED) is 0.0594. The maximum Gasteiger partial charge on any atom is 0.762 e. The molecule has 302 valence electrons. The Morgan fingerprint density at radius 3 is 1.68 bits per heavy atom. The molecular weight excluding hydrogens is 758 g/mol. The molecule has 6 rings (SSSR count). The third-order valence-electron chi connectivity index (χ3n) is 7.75. The molecule has 2 aliphatic rings. The molecule has 0 radical (unpaired) electrons. The lowest BCUT2D eigenvalue weighted by atomic mass is 10.1. The normalized spacial score (nSPS) is 12.7. The van der Waals surface area contributed by atoms with Crippen molar-refractivity contribution in [1.82, 2.24) is 0 Å². The van der Waals surface area contributed by atoms with Gasteiger partial charge in [-0.15, -0.1) is 0 Å². The average molecular weight is 798 g/mol. The SMILES string of the molecule is C=C(C)C(=O)OCC1CO1.CN1c2ccccc2N(C)c2cc(C(=O)OCC[n+]3ccc(-c4cc[n+](CCO)cc4)cc3)ccc21.FB(F)F.FB(F)F.[F-].[F-]. The second-order valence-electron chi connectivity index (χ2n) is 11.6. The Labute approximate surface area is 319 Å². The average Bonchev–Trinajstić information content (AvgIpc) is 3.98. The minimum Gasteiger partial charge on any atom is -1.00 e. The number of carbonyl (C=O) groups is 2. The summed E-state index contributed by atoms with van der Waals surface area (Å²) in [5, 5.41) is 9.05. The van der Waals surface area contributed by atoms with Gasteiger partial charge in [-0.2, -0.15) is 0 Å². The molecule has 0 saturated carbocycles. The van der Waals surface area contributed by atoms with E-state index in [0.717, 1.165) is 33.9 Å². The van der Waals surface area contributed by atoms with Gasteiger partial charge in [0, 0.05) is 43.9 Å². The first-order valence-electron chi connectivity index (χ1n) is 16.5. The number of ether oxygens (including phenoxy) is 3. The van der Waals surface area contributed by atoms with Gasteiger partial charge in [-0.1, -0.05) is 18.7 Å². The number of esters is 2. The highest BCUT2D eigenvalue weighted by Gasteiger charge is 2.25. The number of hydrogen-bond donors (Lipinski definition) is 1. The fraction of sp³-hybridized carbons (Fsp3) is 0.278. The van der Waals surface area contributed by atoms with Crippen LogP contribution in [0.3, 0.4) is 0 Å². The van der Waals surface area contributed by atoms with Crippen molar-refractivity contribution in [3.8, 4) is 11.1 Å². The first-order chi connectivity index (χ1) is 25.7. The van der Waals surface area contributed by atoms with Crippen molar-refractivity contribution in [2.24, 2.45) is 0 Å². The van der Waals surface area contributed by atoms with Gasteiger partial charge < -0.3 is 38.5 Å². The van der Waals surface area contributed by atoms with Crippen LogP contribution in [-0.2, 0) is 32.1 Å². The molecule has 2 aromatic carbocycles. The summed E-state index contributed by atoms with van der Waals surface area (Å²) in [5.74, 6) is -0.666. The summed E-state index contributed by atoms with van der Waals surface area (Å²) in [7, 11) is -3.28. The van der Waals surface area contributed by atoms with E-state index in [1.807, 2.05) is 103 Å². The number of aromatic nitrogens is 2. The number of epoxide rings is 1. The maximum atomic E-state index is 12.8. The third kappa shape index (κ3) is 15.7. The molecule has 1 fully saturated rings. The van der Waals surface area contributed by atoms with Crippen LogP contribution in [0.2, 0.25) is 0 Å². The molecule has 20 heteroatoms. The van der Waals surface area contributed by atoms with E-state index in [0.29, 0.717) is 37.4 Å². The van der Waals surface area contributed by atoms with E-state index >= 15 is 0 Å². The highest BCUT2D eigenvalue weighted by Crippen LogP contribution is 2.46. The van der Waals surface area contributed by atoms with Gasteiger partial charge in [0.2, 0.25) is 0 Å². The Kier molecular flexibility index (Phi) is 20.9. The lowest BCUT2D eigenvalue weighted by molar-refractivity contribution is -0.698. The molecular formula is C36H40B2F8N4O6. The van der Waals surface area contributed by atoms with E-state index in [1.54, 1.807) is 6.92 Å². The van der Waals surface area contributed by atoms with Crippen molar-refractivity contribution in [2.75, 3.05) is 50.3 Å². The monoisotopic (exact) mass is 798 g/mol. The number of nitrogens with zero attached hydrogens (tertiary/aromatic N) is 4. The molecule has 0 bridgehead atoms. The van der Waals surface area contributed by atoms with Crippen LogP contribution in [0, 0.1) is 0 Å². The Balaban J connectivity index is 0.000000653. The van der Waals surface area contributed by atoms with Gasteiger partial charge in [-0.05, 0) is 48.4 Å². The van der Waals surface area contributed by atoms with Gasteiger partial charge in [-0.25, -0.2) is 18.7 Å². The number of pyridine rings is 2. The fourth-order valence-corrected chi connectivity index (χ4v) is 4.99.